The fourth-order valence-electron chi connectivity index (χ4n) is 2.18. The maximum atomic E-state index is 5.71. The Morgan fingerprint density at radius 2 is 1.84 bits per heavy atom. The van der Waals surface area contributed by atoms with Gasteiger partial charge >= 0.3 is 0 Å². The van der Waals surface area contributed by atoms with Crippen LogP contribution in [0.15, 0.2) is 24.3 Å². The van der Waals surface area contributed by atoms with Crippen LogP contribution in [0.2, 0.25) is 0 Å². The molecular formula is C17H27NO. The molecule has 0 amide bonds. The zero-order chi connectivity index (χ0) is 13.3. The standard InChI is InChI=1S/C17H27NO/c1-2-11-18-12-9-15-5-7-17(8-6-15)14-19-13-10-16-3-4-16/h5-8,16,18H,2-4,9-14H2,1H3. The lowest BCUT2D eigenvalue weighted by molar-refractivity contribution is 0.115. The number of hydrogen-bond acceptors (Lipinski definition) is 2. The van der Waals surface area contributed by atoms with Gasteiger partial charge in [0, 0.05) is 6.61 Å². The normalized spacial score (nSPS) is 14.8. The van der Waals surface area contributed by atoms with Gasteiger partial charge in [-0.3, -0.25) is 0 Å². The summed E-state index contributed by atoms with van der Waals surface area (Å²) >= 11 is 0. The molecule has 1 aromatic carbocycles. The molecule has 2 heteroatoms. The van der Waals surface area contributed by atoms with E-state index in [4.69, 9.17) is 4.74 Å². The first-order valence-electron chi connectivity index (χ1n) is 7.74. The van der Waals surface area contributed by atoms with Crippen LogP contribution in [-0.2, 0) is 17.8 Å². The SMILES string of the molecule is CCCNCCc1ccc(COCCC2CC2)cc1. The van der Waals surface area contributed by atoms with Crippen LogP contribution in [0.4, 0.5) is 0 Å². The topological polar surface area (TPSA) is 21.3 Å². The summed E-state index contributed by atoms with van der Waals surface area (Å²) in [5, 5.41) is 3.43. The number of hydrogen-bond donors (Lipinski definition) is 1. The first-order chi connectivity index (χ1) is 9.38. The highest BCUT2D eigenvalue weighted by Gasteiger charge is 2.20. The van der Waals surface area contributed by atoms with Crippen LogP contribution >= 0.6 is 0 Å². The van der Waals surface area contributed by atoms with E-state index in [2.05, 4.69) is 36.5 Å². The molecule has 2 nitrogen and oxygen atoms in total. The Hall–Kier alpha value is -0.860. The summed E-state index contributed by atoms with van der Waals surface area (Å²) < 4.78 is 5.71. The lowest BCUT2D eigenvalue weighted by Crippen LogP contribution is -2.17. The summed E-state index contributed by atoms with van der Waals surface area (Å²) in [5.74, 6) is 0.970. The predicted molar refractivity (Wildman–Crippen MR) is 80.3 cm³/mol. The van der Waals surface area contributed by atoms with E-state index in [1.807, 2.05) is 0 Å². The van der Waals surface area contributed by atoms with Crippen molar-refractivity contribution in [1.82, 2.24) is 5.32 Å². The van der Waals surface area contributed by atoms with Crippen molar-refractivity contribution in [3.63, 3.8) is 0 Å². The average Bonchev–Trinajstić information content (AvgIpc) is 3.25. The Labute approximate surface area is 117 Å². The van der Waals surface area contributed by atoms with Crippen LogP contribution < -0.4 is 5.32 Å². The van der Waals surface area contributed by atoms with Crippen molar-refractivity contribution in [2.24, 2.45) is 5.92 Å². The highest BCUT2D eigenvalue weighted by Crippen LogP contribution is 2.32. The van der Waals surface area contributed by atoms with Crippen molar-refractivity contribution >= 4 is 0 Å². The van der Waals surface area contributed by atoms with Crippen molar-refractivity contribution in [1.29, 1.82) is 0 Å². The van der Waals surface area contributed by atoms with E-state index in [1.54, 1.807) is 0 Å². The molecule has 1 aliphatic rings. The van der Waals surface area contributed by atoms with E-state index in [1.165, 1.54) is 36.8 Å². The van der Waals surface area contributed by atoms with E-state index in [0.29, 0.717) is 0 Å². The van der Waals surface area contributed by atoms with Gasteiger partial charge in [0.2, 0.25) is 0 Å². The van der Waals surface area contributed by atoms with Crippen LogP contribution in [-0.4, -0.2) is 19.7 Å². The Kier molecular flexibility index (Phi) is 6.38. The molecule has 1 aromatic rings. The molecule has 0 aliphatic heterocycles. The molecule has 1 N–H and O–H groups in total. The summed E-state index contributed by atoms with van der Waals surface area (Å²) in [6.45, 7) is 6.08. The van der Waals surface area contributed by atoms with Crippen molar-refractivity contribution in [3.8, 4) is 0 Å². The fourth-order valence-corrected chi connectivity index (χ4v) is 2.18. The van der Waals surface area contributed by atoms with Gasteiger partial charge in [-0.05, 0) is 49.4 Å². The van der Waals surface area contributed by atoms with Gasteiger partial charge in [-0.15, -0.1) is 0 Å². The first-order valence-corrected chi connectivity index (χ1v) is 7.74. The molecule has 1 fully saturated rings. The molecule has 0 atom stereocenters. The summed E-state index contributed by atoms with van der Waals surface area (Å²) in [6, 6.07) is 8.86. The van der Waals surface area contributed by atoms with E-state index < -0.39 is 0 Å². The summed E-state index contributed by atoms with van der Waals surface area (Å²) in [5.41, 5.74) is 2.70. The van der Waals surface area contributed by atoms with Crippen LogP contribution in [0, 0.1) is 5.92 Å². The number of nitrogens with one attached hydrogen (secondary N) is 1. The maximum absolute atomic E-state index is 5.71. The van der Waals surface area contributed by atoms with Crippen molar-refractivity contribution in [2.75, 3.05) is 19.7 Å². The third kappa shape index (κ3) is 6.22. The zero-order valence-corrected chi connectivity index (χ0v) is 12.2. The second-order valence-electron chi connectivity index (χ2n) is 5.60. The zero-order valence-electron chi connectivity index (χ0n) is 12.2. The Bertz CT molecular complexity index is 343. The quantitative estimate of drug-likeness (QED) is 0.650. The lowest BCUT2D eigenvalue weighted by atomic mass is 10.1. The van der Waals surface area contributed by atoms with Gasteiger partial charge in [0.1, 0.15) is 0 Å². The largest absolute Gasteiger partial charge is 0.377 e. The van der Waals surface area contributed by atoms with Crippen LogP contribution in [0.5, 0.6) is 0 Å². The number of ether oxygens (including phenoxy) is 1. The minimum Gasteiger partial charge on any atom is -0.377 e. The molecule has 106 valence electrons. The minimum absolute atomic E-state index is 0.765. The Morgan fingerprint density at radius 1 is 1.11 bits per heavy atom. The average molecular weight is 261 g/mol. The molecule has 19 heavy (non-hydrogen) atoms. The van der Waals surface area contributed by atoms with Gasteiger partial charge in [0.15, 0.2) is 0 Å². The molecule has 0 unspecified atom stereocenters. The number of rotatable bonds is 10. The van der Waals surface area contributed by atoms with Gasteiger partial charge in [-0.2, -0.15) is 0 Å². The van der Waals surface area contributed by atoms with Gasteiger partial charge in [0.25, 0.3) is 0 Å². The van der Waals surface area contributed by atoms with Gasteiger partial charge in [0.05, 0.1) is 6.61 Å². The van der Waals surface area contributed by atoms with Crippen LogP contribution in [0.3, 0.4) is 0 Å². The highest BCUT2D eigenvalue weighted by molar-refractivity contribution is 5.22. The molecule has 0 heterocycles. The fraction of sp³-hybridized carbons (Fsp3) is 0.647. The van der Waals surface area contributed by atoms with E-state index in [0.717, 1.165) is 38.6 Å². The minimum atomic E-state index is 0.765. The van der Waals surface area contributed by atoms with Crippen molar-refractivity contribution < 1.29 is 4.74 Å². The summed E-state index contributed by atoms with van der Waals surface area (Å²) in [7, 11) is 0. The molecule has 0 bridgehead atoms. The molecular weight excluding hydrogens is 234 g/mol. The molecule has 0 aromatic heterocycles. The Morgan fingerprint density at radius 3 is 2.53 bits per heavy atom. The van der Waals surface area contributed by atoms with E-state index in [-0.39, 0.29) is 0 Å². The molecule has 0 spiro atoms. The van der Waals surface area contributed by atoms with E-state index in [9.17, 15) is 0 Å². The van der Waals surface area contributed by atoms with E-state index >= 15 is 0 Å². The molecule has 2 rings (SSSR count). The third-order valence-corrected chi connectivity index (χ3v) is 3.68. The summed E-state index contributed by atoms with van der Waals surface area (Å²) in [4.78, 5) is 0. The summed E-state index contributed by atoms with van der Waals surface area (Å²) in [6.07, 6.45) is 6.41. The second kappa shape index (κ2) is 8.34. The highest BCUT2D eigenvalue weighted by atomic mass is 16.5. The van der Waals surface area contributed by atoms with Gasteiger partial charge < -0.3 is 10.1 Å². The lowest BCUT2D eigenvalue weighted by Gasteiger charge is -2.06. The van der Waals surface area contributed by atoms with Gasteiger partial charge in [-0.1, -0.05) is 44.0 Å². The molecule has 1 saturated carbocycles. The maximum Gasteiger partial charge on any atom is 0.0716 e. The third-order valence-electron chi connectivity index (χ3n) is 3.68. The monoisotopic (exact) mass is 261 g/mol. The predicted octanol–water partition coefficient (Wildman–Crippen LogP) is 3.55. The molecule has 1 aliphatic carbocycles. The van der Waals surface area contributed by atoms with Crippen LogP contribution in [0.25, 0.3) is 0 Å². The van der Waals surface area contributed by atoms with Crippen molar-refractivity contribution in [2.45, 2.75) is 45.6 Å². The first kappa shape index (κ1) is 14.5. The Balaban J connectivity index is 1.59. The van der Waals surface area contributed by atoms with Crippen molar-refractivity contribution in [3.05, 3.63) is 35.4 Å². The smallest absolute Gasteiger partial charge is 0.0716 e. The second-order valence-corrected chi connectivity index (χ2v) is 5.60. The van der Waals surface area contributed by atoms with Gasteiger partial charge in [-0.25, -0.2) is 0 Å². The molecule has 0 radical (unpaired) electrons. The molecule has 0 saturated heterocycles. The van der Waals surface area contributed by atoms with Crippen LogP contribution in [0.1, 0.15) is 43.7 Å². The number of benzene rings is 1.